The van der Waals surface area contributed by atoms with Gasteiger partial charge >= 0.3 is 5.97 Å². The molecule has 4 nitrogen and oxygen atoms in total. The third kappa shape index (κ3) is 4.42. The summed E-state index contributed by atoms with van der Waals surface area (Å²) in [5.41, 5.74) is 0.710. The maximum absolute atomic E-state index is 11.4. The van der Waals surface area contributed by atoms with Crippen LogP contribution in [-0.2, 0) is 9.53 Å². The third-order valence-electron chi connectivity index (χ3n) is 3.70. The van der Waals surface area contributed by atoms with Gasteiger partial charge < -0.3 is 15.2 Å². The van der Waals surface area contributed by atoms with Gasteiger partial charge in [-0.2, -0.15) is 0 Å². The van der Waals surface area contributed by atoms with Gasteiger partial charge in [-0.3, -0.25) is 0 Å². The molecule has 2 unspecified atom stereocenters. The molecule has 1 rings (SSSR count). The monoisotopic (exact) mass is 255 g/mol. The quantitative estimate of drug-likeness (QED) is 0.559. The van der Waals surface area contributed by atoms with Crippen molar-refractivity contribution in [3.05, 3.63) is 11.6 Å². The van der Waals surface area contributed by atoms with Crippen molar-refractivity contribution in [1.82, 2.24) is 5.32 Å². The number of methoxy groups -OCH3 is 1. The molecule has 0 heterocycles. The van der Waals surface area contributed by atoms with Crippen LogP contribution in [0.15, 0.2) is 11.6 Å². The van der Waals surface area contributed by atoms with Crippen molar-refractivity contribution in [3.63, 3.8) is 0 Å². The van der Waals surface area contributed by atoms with Crippen LogP contribution in [-0.4, -0.2) is 37.4 Å². The summed E-state index contributed by atoms with van der Waals surface area (Å²) >= 11 is 0. The highest BCUT2D eigenvalue weighted by atomic mass is 16.5. The number of ether oxygens (including phenoxy) is 1. The molecule has 0 bridgehead atoms. The summed E-state index contributed by atoms with van der Waals surface area (Å²) in [5.74, 6) is 0.108. The van der Waals surface area contributed by atoms with E-state index in [4.69, 9.17) is 4.74 Å². The maximum Gasteiger partial charge on any atom is 0.333 e. The van der Waals surface area contributed by atoms with Crippen LogP contribution in [0.25, 0.3) is 0 Å². The Kier molecular flexibility index (Phi) is 6.98. The first-order valence-corrected chi connectivity index (χ1v) is 6.84. The third-order valence-corrected chi connectivity index (χ3v) is 3.70. The summed E-state index contributed by atoms with van der Waals surface area (Å²) < 4.78 is 4.71. The fraction of sp³-hybridized carbons (Fsp3) is 0.786. The molecule has 0 aromatic rings. The van der Waals surface area contributed by atoms with Crippen molar-refractivity contribution in [2.45, 2.75) is 45.1 Å². The van der Waals surface area contributed by atoms with E-state index in [0.717, 1.165) is 12.8 Å². The molecule has 0 amide bonds. The molecule has 1 aliphatic rings. The molecule has 2 N–H and O–H groups in total. The lowest BCUT2D eigenvalue weighted by Crippen LogP contribution is -2.40. The highest BCUT2D eigenvalue weighted by Crippen LogP contribution is 2.23. The summed E-state index contributed by atoms with van der Waals surface area (Å²) in [6.07, 6.45) is 7.21. The van der Waals surface area contributed by atoms with E-state index in [1.54, 1.807) is 0 Å². The minimum atomic E-state index is -0.248. The minimum Gasteiger partial charge on any atom is -0.466 e. The first-order chi connectivity index (χ1) is 8.72. The Morgan fingerprint density at radius 3 is 2.78 bits per heavy atom. The Morgan fingerprint density at radius 2 is 2.17 bits per heavy atom. The fourth-order valence-corrected chi connectivity index (χ4v) is 2.53. The molecule has 2 atom stereocenters. The van der Waals surface area contributed by atoms with Crippen LogP contribution in [0.3, 0.4) is 0 Å². The SMILES string of the molecule is CCC(=CCNC1CCCCC1CO)C(=O)OC. The molecule has 0 radical (unpaired) electrons. The van der Waals surface area contributed by atoms with E-state index >= 15 is 0 Å². The van der Waals surface area contributed by atoms with Gasteiger partial charge in [0.25, 0.3) is 0 Å². The highest BCUT2D eigenvalue weighted by Gasteiger charge is 2.23. The van der Waals surface area contributed by atoms with E-state index in [1.807, 2.05) is 13.0 Å². The molecule has 0 aromatic heterocycles. The van der Waals surface area contributed by atoms with Gasteiger partial charge in [0.2, 0.25) is 0 Å². The Hall–Kier alpha value is -0.870. The molecule has 1 saturated carbocycles. The standard InChI is InChI=1S/C14H25NO3/c1-3-11(14(17)18-2)8-9-15-13-7-5-4-6-12(13)10-16/h8,12-13,15-16H,3-7,9-10H2,1-2H3. The van der Waals surface area contributed by atoms with Crippen molar-refractivity contribution in [2.24, 2.45) is 5.92 Å². The largest absolute Gasteiger partial charge is 0.466 e. The second-order valence-electron chi connectivity index (χ2n) is 4.82. The van der Waals surface area contributed by atoms with E-state index in [0.29, 0.717) is 30.5 Å². The van der Waals surface area contributed by atoms with Crippen molar-refractivity contribution >= 4 is 5.97 Å². The number of carbonyl (C=O) groups excluding carboxylic acids is 1. The topological polar surface area (TPSA) is 58.6 Å². The predicted octanol–water partition coefficient (Wildman–Crippen LogP) is 1.64. The molecule has 1 aliphatic carbocycles. The molecule has 4 heteroatoms. The Bertz CT molecular complexity index is 289. The number of hydrogen-bond donors (Lipinski definition) is 2. The number of esters is 1. The lowest BCUT2D eigenvalue weighted by Gasteiger charge is -2.30. The average molecular weight is 255 g/mol. The summed E-state index contributed by atoms with van der Waals surface area (Å²) in [5, 5.41) is 12.7. The van der Waals surface area contributed by atoms with Gasteiger partial charge in [0.1, 0.15) is 0 Å². The van der Waals surface area contributed by atoms with Crippen LogP contribution < -0.4 is 5.32 Å². The van der Waals surface area contributed by atoms with Crippen LogP contribution in [0.5, 0.6) is 0 Å². The van der Waals surface area contributed by atoms with E-state index in [2.05, 4.69) is 5.32 Å². The van der Waals surface area contributed by atoms with Crippen molar-refractivity contribution in [3.8, 4) is 0 Å². The van der Waals surface area contributed by atoms with Gasteiger partial charge in [-0.25, -0.2) is 4.79 Å². The van der Waals surface area contributed by atoms with Crippen LogP contribution in [0, 0.1) is 5.92 Å². The molecular weight excluding hydrogens is 230 g/mol. The Morgan fingerprint density at radius 1 is 1.44 bits per heavy atom. The van der Waals surface area contributed by atoms with Crippen molar-refractivity contribution in [1.29, 1.82) is 0 Å². The zero-order valence-corrected chi connectivity index (χ0v) is 11.4. The number of aliphatic hydroxyl groups is 1. The first kappa shape index (κ1) is 15.2. The van der Waals surface area contributed by atoms with Gasteiger partial charge in [0.15, 0.2) is 0 Å². The normalized spacial score (nSPS) is 24.9. The fourth-order valence-electron chi connectivity index (χ4n) is 2.53. The lowest BCUT2D eigenvalue weighted by atomic mass is 9.85. The van der Waals surface area contributed by atoms with E-state index in [-0.39, 0.29) is 12.6 Å². The minimum absolute atomic E-state index is 0.248. The number of rotatable bonds is 6. The molecule has 0 aliphatic heterocycles. The van der Waals surface area contributed by atoms with Gasteiger partial charge in [-0.1, -0.05) is 25.8 Å². The van der Waals surface area contributed by atoms with Crippen LogP contribution >= 0.6 is 0 Å². The van der Waals surface area contributed by atoms with Crippen molar-refractivity contribution in [2.75, 3.05) is 20.3 Å². The molecule has 0 aromatic carbocycles. The van der Waals surface area contributed by atoms with Crippen LogP contribution in [0.1, 0.15) is 39.0 Å². The summed E-state index contributed by atoms with van der Waals surface area (Å²) in [7, 11) is 1.40. The summed E-state index contributed by atoms with van der Waals surface area (Å²) in [4.78, 5) is 11.4. The molecular formula is C14H25NO3. The molecule has 0 spiro atoms. The lowest BCUT2D eigenvalue weighted by molar-refractivity contribution is -0.136. The van der Waals surface area contributed by atoms with E-state index in [1.165, 1.54) is 20.0 Å². The second-order valence-corrected chi connectivity index (χ2v) is 4.82. The van der Waals surface area contributed by atoms with Gasteiger partial charge in [0, 0.05) is 24.8 Å². The van der Waals surface area contributed by atoms with Gasteiger partial charge in [0.05, 0.1) is 7.11 Å². The Balaban J connectivity index is 2.43. The van der Waals surface area contributed by atoms with E-state index < -0.39 is 0 Å². The second kappa shape index (κ2) is 8.27. The zero-order chi connectivity index (χ0) is 13.4. The number of aliphatic hydroxyl groups excluding tert-OH is 1. The Labute approximate surface area is 109 Å². The average Bonchev–Trinajstić information content (AvgIpc) is 2.43. The molecule has 1 fully saturated rings. The van der Waals surface area contributed by atoms with Crippen LogP contribution in [0.4, 0.5) is 0 Å². The van der Waals surface area contributed by atoms with Gasteiger partial charge in [-0.05, 0) is 25.2 Å². The molecule has 18 heavy (non-hydrogen) atoms. The number of nitrogens with one attached hydrogen (secondary N) is 1. The number of carbonyl (C=O) groups is 1. The van der Waals surface area contributed by atoms with E-state index in [9.17, 15) is 9.90 Å². The molecule has 104 valence electrons. The summed E-state index contributed by atoms with van der Waals surface area (Å²) in [6, 6.07) is 0.371. The van der Waals surface area contributed by atoms with Crippen molar-refractivity contribution < 1.29 is 14.6 Å². The number of hydrogen-bond acceptors (Lipinski definition) is 4. The highest BCUT2D eigenvalue weighted by molar-refractivity contribution is 5.88. The predicted molar refractivity (Wildman–Crippen MR) is 71.2 cm³/mol. The molecule has 0 saturated heterocycles. The first-order valence-electron chi connectivity index (χ1n) is 6.84. The zero-order valence-electron chi connectivity index (χ0n) is 11.4. The smallest absolute Gasteiger partial charge is 0.333 e. The van der Waals surface area contributed by atoms with Crippen LogP contribution in [0.2, 0.25) is 0 Å². The van der Waals surface area contributed by atoms with Gasteiger partial charge in [-0.15, -0.1) is 0 Å². The maximum atomic E-state index is 11.4. The summed E-state index contributed by atoms with van der Waals surface area (Å²) in [6.45, 7) is 2.86.